The lowest BCUT2D eigenvalue weighted by atomic mass is 10.1. The Bertz CT molecular complexity index is 350. The van der Waals surface area contributed by atoms with E-state index in [1.807, 2.05) is 0 Å². The highest BCUT2D eigenvalue weighted by molar-refractivity contribution is 5.56. The van der Waals surface area contributed by atoms with Crippen molar-refractivity contribution in [1.82, 2.24) is 0 Å². The Morgan fingerprint density at radius 2 is 2.29 bits per heavy atom. The van der Waals surface area contributed by atoms with Crippen molar-refractivity contribution in [2.24, 2.45) is 5.73 Å². The molecular weight excluding hydrogens is 185 g/mol. The molecule has 0 aromatic heterocycles. The van der Waals surface area contributed by atoms with E-state index in [0.29, 0.717) is 12.1 Å². The van der Waals surface area contributed by atoms with Gasteiger partial charge in [0.25, 0.3) is 0 Å². The van der Waals surface area contributed by atoms with Gasteiger partial charge < -0.3 is 15.6 Å². The van der Waals surface area contributed by atoms with Crippen molar-refractivity contribution >= 4 is 6.08 Å². The molecule has 0 aliphatic rings. The normalized spacial score (nSPS) is 10.8. The molecule has 1 aromatic carbocycles. The minimum absolute atomic E-state index is 0.149. The van der Waals surface area contributed by atoms with Gasteiger partial charge in [-0.1, -0.05) is 12.2 Å². The van der Waals surface area contributed by atoms with Gasteiger partial charge in [0.15, 0.2) is 17.3 Å². The Labute approximate surface area is 81.6 Å². The van der Waals surface area contributed by atoms with Crippen molar-refractivity contribution in [3.8, 4) is 11.5 Å². The summed E-state index contributed by atoms with van der Waals surface area (Å²) in [4.78, 5) is 0. The van der Waals surface area contributed by atoms with Crippen molar-refractivity contribution in [3.05, 3.63) is 29.6 Å². The summed E-state index contributed by atoms with van der Waals surface area (Å²) in [5, 5.41) is 9.23. The Morgan fingerprint density at radius 1 is 1.57 bits per heavy atom. The third-order valence-electron chi connectivity index (χ3n) is 1.74. The second kappa shape index (κ2) is 4.62. The molecule has 1 aromatic rings. The van der Waals surface area contributed by atoms with Crippen molar-refractivity contribution in [1.29, 1.82) is 0 Å². The van der Waals surface area contributed by atoms with Crippen LogP contribution >= 0.6 is 0 Å². The van der Waals surface area contributed by atoms with Crippen LogP contribution in [0.2, 0.25) is 0 Å². The van der Waals surface area contributed by atoms with Gasteiger partial charge >= 0.3 is 0 Å². The zero-order valence-corrected chi connectivity index (χ0v) is 7.83. The number of benzene rings is 1. The summed E-state index contributed by atoms with van der Waals surface area (Å²) in [6.07, 6.45) is 3.16. The average Bonchev–Trinajstić information content (AvgIpc) is 2.18. The predicted molar refractivity (Wildman–Crippen MR) is 52.7 cm³/mol. The van der Waals surface area contributed by atoms with Gasteiger partial charge in [0.2, 0.25) is 0 Å². The Morgan fingerprint density at radius 3 is 2.86 bits per heavy atom. The highest BCUT2D eigenvalue weighted by Crippen LogP contribution is 2.31. The number of methoxy groups -OCH3 is 1. The summed E-state index contributed by atoms with van der Waals surface area (Å²) < 4.78 is 18.2. The summed E-state index contributed by atoms with van der Waals surface area (Å²) in [5.74, 6) is -0.948. The Kier molecular flexibility index (Phi) is 3.48. The Hall–Kier alpha value is -1.55. The van der Waals surface area contributed by atoms with Crippen molar-refractivity contribution in [2.45, 2.75) is 0 Å². The lowest BCUT2D eigenvalue weighted by Crippen LogP contribution is -1.94. The van der Waals surface area contributed by atoms with E-state index in [2.05, 4.69) is 0 Å². The number of phenolic OH excluding ortho intramolecular Hbond substituents is 1. The van der Waals surface area contributed by atoms with E-state index in [1.165, 1.54) is 25.3 Å². The van der Waals surface area contributed by atoms with Gasteiger partial charge in [-0.3, -0.25) is 0 Å². The van der Waals surface area contributed by atoms with E-state index >= 15 is 0 Å². The fourth-order valence-electron chi connectivity index (χ4n) is 1.08. The summed E-state index contributed by atoms with van der Waals surface area (Å²) >= 11 is 0. The number of hydrogen-bond donors (Lipinski definition) is 2. The Balaban J connectivity index is 3.14. The van der Waals surface area contributed by atoms with Crippen LogP contribution in [0.5, 0.6) is 11.5 Å². The van der Waals surface area contributed by atoms with Gasteiger partial charge in [0, 0.05) is 12.1 Å². The van der Waals surface area contributed by atoms with Crippen LogP contribution < -0.4 is 10.5 Å². The first-order valence-electron chi connectivity index (χ1n) is 4.12. The molecule has 0 atom stereocenters. The van der Waals surface area contributed by atoms with E-state index in [9.17, 15) is 9.50 Å². The van der Waals surface area contributed by atoms with Gasteiger partial charge in [0.05, 0.1) is 7.11 Å². The summed E-state index contributed by atoms with van der Waals surface area (Å²) in [6, 6.07) is 2.83. The number of phenols is 1. The zero-order valence-electron chi connectivity index (χ0n) is 7.83. The maximum absolute atomic E-state index is 13.5. The maximum atomic E-state index is 13.5. The van der Waals surface area contributed by atoms with Gasteiger partial charge in [-0.15, -0.1) is 0 Å². The minimum atomic E-state index is -0.586. The molecular formula is C10H12FNO2. The van der Waals surface area contributed by atoms with Gasteiger partial charge in [-0.2, -0.15) is 0 Å². The van der Waals surface area contributed by atoms with Crippen molar-refractivity contribution < 1.29 is 14.2 Å². The first-order valence-corrected chi connectivity index (χ1v) is 4.12. The molecule has 0 amide bonds. The van der Waals surface area contributed by atoms with Crippen LogP contribution in [-0.2, 0) is 0 Å². The average molecular weight is 197 g/mol. The molecule has 0 heterocycles. The molecule has 0 bridgehead atoms. The van der Waals surface area contributed by atoms with Crippen LogP contribution in [0.15, 0.2) is 18.2 Å². The summed E-state index contributed by atoms with van der Waals surface area (Å²) in [7, 11) is 1.30. The number of nitrogens with two attached hydrogens (primary N) is 1. The van der Waals surface area contributed by atoms with Gasteiger partial charge in [0.1, 0.15) is 0 Å². The largest absolute Gasteiger partial charge is 0.504 e. The molecule has 3 N–H and O–H groups in total. The molecule has 3 nitrogen and oxygen atoms in total. The molecule has 0 saturated carbocycles. The predicted octanol–water partition coefficient (Wildman–Crippen LogP) is 1.51. The van der Waals surface area contributed by atoms with Crippen LogP contribution in [0.3, 0.4) is 0 Å². The second-order valence-electron chi connectivity index (χ2n) is 2.66. The van der Waals surface area contributed by atoms with E-state index in [4.69, 9.17) is 10.5 Å². The molecule has 14 heavy (non-hydrogen) atoms. The van der Waals surface area contributed by atoms with Gasteiger partial charge in [-0.05, 0) is 12.1 Å². The molecule has 0 unspecified atom stereocenters. The third kappa shape index (κ3) is 2.03. The molecule has 0 fully saturated rings. The summed E-state index contributed by atoms with van der Waals surface area (Å²) in [6.45, 7) is 0.336. The quantitative estimate of drug-likeness (QED) is 0.772. The fraction of sp³-hybridized carbons (Fsp3) is 0.200. The topological polar surface area (TPSA) is 55.5 Å². The van der Waals surface area contributed by atoms with E-state index in [1.54, 1.807) is 6.08 Å². The standard InChI is InChI=1S/C10H12FNO2/c1-14-10-8(13)5-4-7(9(10)11)3-2-6-12/h2-5,13H,6,12H2,1H3/b3-2+. The van der Waals surface area contributed by atoms with Crippen molar-refractivity contribution in [2.75, 3.05) is 13.7 Å². The lowest BCUT2D eigenvalue weighted by Gasteiger charge is -2.06. The first kappa shape index (κ1) is 10.5. The first-order chi connectivity index (χ1) is 6.70. The highest BCUT2D eigenvalue weighted by Gasteiger charge is 2.11. The van der Waals surface area contributed by atoms with Gasteiger partial charge in [-0.25, -0.2) is 4.39 Å². The number of rotatable bonds is 3. The minimum Gasteiger partial charge on any atom is -0.504 e. The number of hydrogen-bond acceptors (Lipinski definition) is 3. The molecule has 4 heteroatoms. The summed E-state index contributed by atoms with van der Waals surface area (Å²) in [5.41, 5.74) is 5.58. The number of aromatic hydroxyl groups is 1. The lowest BCUT2D eigenvalue weighted by molar-refractivity contribution is 0.351. The molecule has 0 saturated heterocycles. The van der Waals surface area contributed by atoms with Crippen LogP contribution in [0.4, 0.5) is 4.39 Å². The zero-order chi connectivity index (χ0) is 10.6. The fourth-order valence-corrected chi connectivity index (χ4v) is 1.08. The van der Waals surface area contributed by atoms with Crippen LogP contribution in [-0.4, -0.2) is 18.8 Å². The monoisotopic (exact) mass is 197 g/mol. The molecule has 1 rings (SSSR count). The maximum Gasteiger partial charge on any atom is 0.197 e. The highest BCUT2D eigenvalue weighted by atomic mass is 19.1. The smallest absolute Gasteiger partial charge is 0.197 e. The number of ether oxygens (including phenoxy) is 1. The molecule has 0 spiro atoms. The second-order valence-corrected chi connectivity index (χ2v) is 2.66. The molecule has 76 valence electrons. The van der Waals surface area contributed by atoms with Crippen LogP contribution in [0.1, 0.15) is 5.56 Å². The molecule has 0 aliphatic heterocycles. The SMILES string of the molecule is COc1c(O)ccc(/C=C/CN)c1F. The number of halogens is 1. The van der Waals surface area contributed by atoms with E-state index in [-0.39, 0.29) is 11.5 Å². The van der Waals surface area contributed by atoms with Crippen molar-refractivity contribution in [3.63, 3.8) is 0 Å². The van der Waals surface area contributed by atoms with E-state index < -0.39 is 5.82 Å². The van der Waals surface area contributed by atoms with Crippen LogP contribution in [0.25, 0.3) is 6.08 Å². The van der Waals surface area contributed by atoms with E-state index in [0.717, 1.165) is 0 Å². The van der Waals surface area contributed by atoms with Crippen LogP contribution in [0, 0.1) is 5.82 Å². The molecule has 0 radical (unpaired) electrons. The third-order valence-corrected chi connectivity index (χ3v) is 1.74. The molecule has 0 aliphatic carbocycles.